The normalized spacial score (nSPS) is 12.0. The molecule has 1 aromatic rings. The number of hydrogen-bond donors (Lipinski definition) is 1. The van der Waals surface area contributed by atoms with Gasteiger partial charge in [-0.25, -0.2) is 12.8 Å². The van der Waals surface area contributed by atoms with Crippen molar-refractivity contribution in [3.8, 4) is 0 Å². The molecule has 0 aliphatic rings. The minimum Gasteiger partial charge on any atom is -0.327 e. The zero-order valence-corrected chi connectivity index (χ0v) is 10.1. The number of sulfone groups is 1. The van der Waals surface area contributed by atoms with Crippen molar-refractivity contribution in [1.29, 1.82) is 0 Å². The molecule has 0 aliphatic carbocycles. The Bertz CT molecular complexity index is 445. The Kier molecular flexibility index (Phi) is 6.25. The molecule has 0 saturated carbocycles. The van der Waals surface area contributed by atoms with Crippen molar-refractivity contribution in [3.63, 3.8) is 0 Å². The summed E-state index contributed by atoms with van der Waals surface area (Å²) >= 11 is 0. The van der Waals surface area contributed by atoms with E-state index >= 15 is 0 Å². The van der Waals surface area contributed by atoms with Gasteiger partial charge in [-0.05, 0) is 18.2 Å². The molecule has 90 valence electrons. The molecule has 0 spiro atoms. The van der Waals surface area contributed by atoms with E-state index in [1.165, 1.54) is 12.1 Å². The van der Waals surface area contributed by atoms with E-state index in [-0.39, 0.29) is 23.8 Å². The highest BCUT2D eigenvalue weighted by molar-refractivity contribution is 7.91. The molecular formula is C10H13ClFNO2S. The van der Waals surface area contributed by atoms with Crippen LogP contribution in [-0.2, 0) is 9.84 Å². The van der Waals surface area contributed by atoms with Gasteiger partial charge in [0.05, 0.1) is 4.90 Å². The maximum absolute atomic E-state index is 13.0. The Morgan fingerprint density at radius 3 is 2.38 bits per heavy atom. The molecule has 0 fully saturated rings. The monoisotopic (exact) mass is 265 g/mol. The van der Waals surface area contributed by atoms with E-state index < -0.39 is 21.4 Å². The van der Waals surface area contributed by atoms with Gasteiger partial charge in [-0.2, -0.15) is 0 Å². The Labute approximate surface area is 100 Å². The highest BCUT2D eigenvalue weighted by Gasteiger charge is 2.15. The maximum Gasteiger partial charge on any atom is 0.184 e. The fourth-order valence-electron chi connectivity index (χ4n) is 1.08. The Balaban J connectivity index is 0.00000225. The fourth-order valence-corrected chi connectivity index (χ4v) is 2.30. The lowest BCUT2D eigenvalue weighted by Gasteiger charge is -2.01. The van der Waals surface area contributed by atoms with E-state index in [0.717, 1.165) is 6.08 Å². The van der Waals surface area contributed by atoms with Crippen LogP contribution in [0.4, 0.5) is 4.39 Å². The minimum atomic E-state index is -3.58. The van der Waals surface area contributed by atoms with Gasteiger partial charge in [0.1, 0.15) is 11.6 Å². The number of hydrogen-bond acceptors (Lipinski definition) is 3. The van der Waals surface area contributed by atoms with Crippen molar-refractivity contribution in [2.45, 2.75) is 4.90 Å². The molecule has 0 atom stereocenters. The molecule has 0 saturated heterocycles. The number of benzene rings is 1. The standard InChI is InChI=1S/C10H12FNO2S.ClH/c11-9(6-7-12)8-15(13,14)10-4-2-1-3-5-10;/h1-6H,7-8,12H2;1H/b9-6+;. The number of rotatable bonds is 4. The van der Waals surface area contributed by atoms with E-state index in [1.807, 2.05) is 0 Å². The van der Waals surface area contributed by atoms with Crippen molar-refractivity contribution in [1.82, 2.24) is 0 Å². The topological polar surface area (TPSA) is 60.2 Å². The van der Waals surface area contributed by atoms with Gasteiger partial charge < -0.3 is 5.73 Å². The molecule has 0 radical (unpaired) electrons. The summed E-state index contributed by atoms with van der Waals surface area (Å²) in [5.74, 6) is -1.35. The zero-order chi connectivity index (χ0) is 11.3. The molecule has 1 aromatic carbocycles. The molecular weight excluding hydrogens is 253 g/mol. The summed E-state index contributed by atoms with van der Waals surface area (Å²) < 4.78 is 36.2. The maximum atomic E-state index is 13.0. The SMILES string of the molecule is Cl.NC/C=C(/F)CS(=O)(=O)c1ccccc1. The molecule has 0 amide bonds. The first-order valence-corrected chi connectivity index (χ1v) is 6.04. The summed E-state index contributed by atoms with van der Waals surface area (Å²) in [6.45, 7) is -0.00383. The van der Waals surface area contributed by atoms with Gasteiger partial charge in [-0.15, -0.1) is 12.4 Å². The second-order valence-corrected chi connectivity index (χ2v) is 4.95. The lowest BCUT2D eigenvalue weighted by atomic mass is 10.4. The zero-order valence-electron chi connectivity index (χ0n) is 8.47. The lowest BCUT2D eigenvalue weighted by molar-refractivity contribution is 0.583. The highest BCUT2D eigenvalue weighted by Crippen LogP contribution is 2.13. The molecule has 1 rings (SSSR count). The van der Waals surface area contributed by atoms with Crippen molar-refractivity contribution >= 4 is 22.2 Å². The van der Waals surface area contributed by atoms with Crippen molar-refractivity contribution in [2.75, 3.05) is 12.3 Å². The van der Waals surface area contributed by atoms with E-state index in [9.17, 15) is 12.8 Å². The van der Waals surface area contributed by atoms with Crippen LogP contribution in [0.3, 0.4) is 0 Å². The third-order valence-corrected chi connectivity index (χ3v) is 3.42. The van der Waals surface area contributed by atoms with Crippen LogP contribution in [0.5, 0.6) is 0 Å². The second-order valence-electron chi connectivity index (χ2n) is 2.96. The molecule has 3 nitrogen and oxygen atoms in total. The van der Waals surface area contributed by atoms with Gasteiger partial charge >= 0.3 is 0 Å². The van der Waals surface area contributed by atoms with Crippen LogP contribution in [0.2, 0.25) is 0 Å². The van der Waals surface area contributed by atoms with Crippen molar-refractivity contribution in [2.24, 2.45) is 5.73 Å². The lowest BCUT2D eigenvalue weighted by Crippen LogP contribution is -2.08. The molecule has 0 bridgehead atoms. The number of halogens is 2. The van der Waals surface area contributed by atoms with Gasteiger partial charge in [0, 0.05) is 6.54 Å². The second kappa shape index (κ2) is 6.62. The first-order chi connectivity index (χ1) is 7.06. The summed E-state index contributed by atoms with van der Waals surface area (Å²) in [4.78, 5) is 0.116. The highest BCUT2D eigenvalue weighted by atomic mass is 35.5. The smallest absolute Gasteiger partial charge is 0.184 e. The largest absolute Gasteiger partial charge is 0.327 e. The summed E-state index contributed by atoms with van der Waals surface area (Å²) in [6.07, 6.45) is 1.06. The van der Waals surface area contributed by atoms with Crippen LogP contribution >= 0.6 is 12.4 Å². The Hall–Kier alpha value is -0.910. The van der Waals surface area contributed by atoms with Crippen LogP contribution < -0.4 is 5.73 Å². The Morgan fingerprint density at radius 1 is 1.31 bits per heavy atom. The number of nitrogens with two attached hydrogens (primary N) is 1. The van der Waals surface area contributed by atoms with Gasteiger partial charge in [0.15, 0.2) is 9.84 Å². The first-order valence-electron chi connectivity index (χ1n) is 4.38. The van der Waals surface area contributed by atoms with Crippen molar-refractivity contribution in [3.05, 3.63) is 42.2 Å². The minimum absolute atomic E-state index is 0. The predicted octanol–water partition coefficient (Wildman–Crippen LogP) is 1.69. The summed E-state index contributed by atoms with van der Waals surface area (Å²) in [7, 11) is -3.58. The average molecular weight is 266 g/mol. The quantitative estimate of drug-likeness (QED) is 0.901. The van der Waals surface area contributed by atoms with Gasteiger partial charge in [-0.1, -0.05) is 18.2 Å². The van der Waals surface area contributed by atoms with Gasteiger partial charge in [-0.3, -0.25) is 0 Å². The third-order valence-electron chi connectivity index (χ3n) is 1.77. The van der Waals surface area contributed by atoms with Crippen LogP contribution in [0.1, 0.15) is 0 Å². The van der Waals surface area contributed by atoms with Crippen molar-refractivity contribution < 1.29 is 12.8 Å². The summed E-state index contributed by atoms with van der Waals surface area (Å²) in [6, 6.07) is 7.76. The average Bonchev–Trinajstić information content (AvgIpc) is 2.18. The van der Waals surface area contributed by atoms with Crippen LogP contribution in [0, 0.1) is 0 Å². The van der Waals surface area contributed by atoms with E-state index in [4.69, 9.17) is 5.73 Å². The fraction of sp³-hybridized carbons (Fsp3) is 0.200. The van der Waals surface area contributed by atoms with Gasteiger partial charge in [0.25, 0.3) is 0 Å². The predicted molar refractivity (Wildman–Crippen MR) is 64.0 cm³/mol. The summed E-state index contributed by atoms with van der Waals surface area (Å²) in [5.41, 5.74) is 5.08. The van der Waals surface area contributed by atoms with Crippen LogP contribution in [-0.4, -0.2) is 20.7 Å². The summed E-state index contributed by atoms with van der Waals surface area (Å²) in [5, 5.41) is 0. The molecule has 0 heterocycles. The van der Waals surface area contributed by atoms with Gasteiger partial charge in [0.2, 0.25) is 0 Å². The molecule has 6 heteroatoms. The molecule has 0 aliphatic heterocycles. The Morgan fingerprint density at radius 2 is 1.88 bits per heavy atom. The van der Waals surface area contributed by atoms with Crippen LogP contribution in [0.15, 0.2) is 47.1 Å². The molecule has 0 aromatic heterocycles. The van der Waals surface area contributed by atoms with Crippen LogP contribution in [0.25, 0.3) is 0 Å². The first kappa shape index (κ1) is 15.1. The van der Waals surface area contributed by atoms with E-state index in [0.29, 0.717) is 0 Å². The molecule has 0 unspecified atom stereocenters. The molecule has 2 N–H and O–H groups in total. The van der Waals surface area contributed by atoms with E-state index in [1.54, 1.807) is 18.2 Å². The van der Waals surface area contributed by atoms with E-state index in [2.05, 4.69) is 0 Å². The third kappa shape index (κ3) is 4.30. The molecule has 16 heavy (non-hydrogen) atoms.